The van der Waals surface area contributed by atoms with Crippen LogP contribution in [0.3, 0.4) is 0 Å². The van der Waals surface area contributed by atoms with Crippen LogP contribution in [0.2, 0.25) is 0 Å². The molecule has 0 radical (unpaired) electrons. The molecule has 0 aromatic carbocycles. The number of rotatable bonds is 0. The number of Topliss-reactive ketones (excluding diaryl/α,β-unsaturated/α-hetero) is 1. The van der Waals surface area contributed by atoms with Gasteiger partial charge in [-0.3, -0.25) is 4.79 Å². The van der Waals surface area contributed by atoms with Crippen molar-refractivity contribution in [3.63, 3.8) is 0 Å². The van der Waals surface area contributed by atoms with Crippen LogP contribution in [0.4, 0.5) is 0 Å². The molecule has 0 heterocycles. The summed E-state index contributed by atoms with van der Waals surface area (Å²) in [5, 5.41) is 0. The second-order valence-electron chi connectivity index (χ2n) is 6.51. The predicted molar refractivity (Wildman–Crippen MR) is 60.4 cm³/mol. The Morgan fingerprint density at radius 3 is 1.69 bits per heavy atom. The summed E-state index contributed by atoms with van der Waals surface area (Å²) in [6, 6.07) is 0. The number of hydrogen-bond donors (Lipinski definition) is 0. The molecule has 82 valence electrons. The third kappa shape index (κ3) is 0.687. The Balaban J connectivity index is 1.67. The molecule has 1 heteroatoms. The zero-order valence-electron chi connectivity index (χ0n) is 9.25. The molecule has 0 aromatic rings. The Kier molecular flexibility index (Phi) is 1.22. The number of fused-ring (bicyclic) bond motifs is 11. The van der Waals surface area contributed by atoms with Crippen molar-refractivity contribution in [2.24, 2.45) is 47.3 Å². The molecule has 3 fully saturated rings. The third-order valence-electron chi connectivity index (χ3n) is 6.14. The van der Waals surface area contributed by atoms with Gasteiger partial charge in [0.2, 0.25) is 0 Å². The highest BCUT2D eigenvalue weighted by Gasteiger charge is 2.65. The predicted octanol–water partition coefficient (Wildman–Crippen LogP) is 2.45. The van der Waals surface area contributed by atoms with Gasteiger partial charge in [-0.1, -0.05) is 24.3 Å². The molecule has 1 nitrogen and oxygen atoms in total. The molecule has 0 unspecified atom stereocenters. The van der Waals surface area contributed by atoms with Gasteiger partial charge < -0.3 is 0 Å². The summed E-state index contributed by atoms with van der Waals surface area (Å²) in [6.07, 6.45) is 12.1. The number of carbonyl (C=O) groups excluding carboxylic acids is 1. The van der Waals surface area contributed by atoms with E-state index >= 15 is 0 Å². The van der Waals surface area contributed by atoms with E-state index in [4.69, 9.17) is 0 Å². The van der Waals surface area contributed by atoms with Crippen LogP contribution in [-0.2, 0) is 4.79 Å². The molecule has 8 atom stereocenters. The van der Waals surface area contributed by atoms with Crippen LogP contribution in [0, 0.1) is 47.3 Å². The van der Waals surface area contributed by atoms with Crippen LogP contribution in [0.15, 0.2) is 24.3 Å². The lowest BCUT2D eigenvalue weighted by molar-refractivity contribution is -0.125. The fourth-order valence-corrected chi connectivity index (χ4v) is 5.79. The Bertz CT molecular complexity index is 406. The van der Waals surface area contributed by atoms with Crippen LogP contribution >= 0.6 is 0 Å². The molecule has 0 spiro atoms. The first-order valence-corrected chi connectivity index (χ1v) is 6.75. The Hall–Kier alpha value is -0.850. The van der Waals surface area contributed by atoms with E-state index in [-0.39, 0.29) is 0 Å². The van der Waals surface area contributed by atoms with Gasteiger partial charge in [-0.05, 0) is 48.3 Å². The topological polar surface area (TPSA) is 17.1 Å². The number of hydrogen-bond acceptors (Lipinski definition) is 1. The Morgan fingerprint density at radius 2 is 1.19 bits per heavy atom. The van der Waals surface area contributed by atoms with Gasteiger partial charge in [-0.25, -0.2) is 0 Å². The fraction of sp³-hybridized carbons (Fsp3) is 0.667. The molecule has 5 rings (SSSR count). The van der Waals surface area contributed by atoms with Gasteiger partial charge in [0.25, 0.3) is 0 Å². The lowest BCUT2D eigenvalue weighted by atomic mass is 9.75. The van der Waals surface area contributed by atoms with Crippen molar-refractivity contribution in [2.45, 2.75) is 12.8 Å². The highest BCUT2D eigenvalue weighted by atomic mass is 16.1. The fourth-order valence-electron chi connectivity index (χ4n) is 5.79. The summed E-state index contributed by atoms with van der Waals surface area (Å²) < 4.78 is 0. The van der Waals surface area contributed by atoms with Crippen LogP contribution in [0.1, 0.15) is 12.8 Å². The van der Waals surface area contributed by atoms with Crippen LogP contribution in [0.5, 0.6) is 0 Å². The first-order valence-electron chi connectivity index (χ1n) is 6.75. The molecular formula is C15H16O. The van der Waals surface area contributed by atoms with Gasteiger partial charge in [0.15, 0.2) is 0 Å². The molecule has 0 saturated heterocycles. The van der Waals surface area contributed by atoms with Crippen LogP contribution in [-0.4, -0.2) is 5.78 Å². The average molecular weight is 212 g/mol. The minimum absolute atomic E-state index is 0.426. The molecule has 3 saturated carbocycles. The highest BCUT2D eigenvalue weighted by molar-refractivity contribution is 5.89. The minimum Gasteiger partial charge on any atom is -0.299 e. The maximum atomic E-state index is 12.6. The third-order valence-corrected chi connectivity index (χ3v) is 6.14. The summed E-state index contributed by atoms with van der Waals surface area (Å²) in [6.45, 7) is 0. The molecule has 4 bridgehead atoms. The Labute approximate surface area is 95.6 Å². The summed E-state index contributed by atoms with van der Waals surface area (Å²) in [4.78, 5) is 12.6. The smallest absolute Gasteiger partial charge is 0.140 e. The van der Waals surface area contributed by atoms with Gasteiger partial charge in [0.05, 0.1) is 0 Å². The first-order chi connectivity index (χ1) is 7.84. The molecule has 0 N–H and O–H groups in total. The summed E-state index contributed by atoms with van der Waals surface area (Å²) in [5.74, 6) is 5.69. The largest absolute Gasteiger partial charge is 0.299 e. The van der Waals surface area contributed by atoms with Crippen molar-refractivity contribution in [3.05, 3.63) is 24.3 Å². The molecule has 5 aliphatic rings. The van der Waals surface area contributed by atoms with E-state index in [2.05, 4.69) is 24.3 Å². The van der Waals surface area contributed by atoms with E-state index in [0.29, 0.717) is 29.5 Å². The van der Waals surface area contributed by atoms with E-state index < -0.39 is 0 Å². The average Bonchev–Trinajstić information content (AvgIpc) is 2.98. The number of ketones is 1. The zero-order chi connectivity index (χ0) is 10.4. The van der Waals surface area contributed by atoms with E-state index in [0.717, 1.165) is 23.7 Å². The Morgan fingerprint density at radius 1 is 0.750 bits per heavy atom. The summed E-state index contributed by atoms with van der Waals surface area (Å²) >= 11 is 0. The summed E-state index contributed by atoms with van der Waals surface area (Å²) in [7, 11) is 0. The molecule has 0 aromatic heterocycles. The van der Waals surface area contributed by atoms with E-state index in [1.807, 2.05) is 0 Å². The van der Waals surface area contributed by atoms with Crippen LogP contribution in [0.25, 0.3) is 0 Å². The summed E-state index contributed by atoms with van der Waals surface area (Å²) in [5.41, 5.74) is 0. The zero-order valence-corrected chi connectivity index (χ0v) is 9.25. The van der Waals surface area contributed by atoms with Gasteiger partial charge in [-0.15, -0.1) is 0 Å². The van der Waals surface area contributed by atoms with Crippen molar-refractivity contribution in [1.29, 1.82) is 0 Å². The van der Waals surface area contributed by atoms with E-state index in [1.54, 1.807) is 0 Å². The van der Waals surface area contributed by atoms with Gasteiger partial charge in [-0.2, -0.15) is 0 Å². The highest BCUT2D eigenvalue weighted by Crippen LogP contribution is 2.66. The lowest BCUT2D eigenvalue weighted by Gasteiger charge is -2.28. The first kappa shape index (κ1) is 8.27. The van der Waals surface area contributed by atoms with Gasteiger partial charge >= 0.3 is 0 Å². The van der Waals surface area contributed by atoms with E-state index in [1.165, 1.54) is 12.8 Å². The van der Waals surface area contributed by atoms with Crippen molar-refractivity contribution in [1.82, 2.24) is 0 Å². The van der Waals surface area contributed by atoms with Crippen molar-refractivity contribution in [2.75, 3.05) is 0 Å². The lowest BCUT2D eigenvalue weighted by Crippen LogP contribution is -2.24. The molecule has 5 aliphatic carbocycles. The molecule has 0 amide bonds. The maximum Gasteiger partial charge on any atom is 0.140 e. The van der Waals surface area contributed by atoms with Crippen molar-refractivity contribution in [3.8, 4) is 0 Å². The number of carbonyl (C=O) groups is 1. The van der Waals surface area contributed by atoms with E-state index in [9.17, 15) is 4.79 Å². The molecule has 0 aliphatic heterocycles. The second-order valence-corrected chi connectivity index (χ2v) is 6.51. The minimum atomic E-state index is 0.426. The van der Waals surface area contributed by atoms with Crippen LogP contribution < -0.4 is 0 Å². The van der Waals surface area contributed by atoms with Crippen molar-refractivity contribution < 1.29 is 4.79 Å². The number of allylic oxidation sites excluding steroid dienone is 4. The van der Waals surface area contributed by atoms with Crippen molar-refractivity contribution >= 4 is 5.78 Å². The monoisotopic (exact) mass is 212 g/mol. The molecule has 16 heavy (non-hydrogen) atoms. The van der Waals surface area contributed by atoms with Gasteiger partial charge in [0, 0.05) is 11.8 Å². The normalized spacial score (nSPS) is 63.4. The standard InChI is InChI=1S/C15H16O/c16-15-13-9-3-1-7(5-9)11(13)12-8-2-4-10(6-8)14(12)15/h1-4,7-14H,5-6H2/t7-,8-,9-,10-,11+,12+,13+,14+/m0/s1. The quantitative estimate of drug-likeness (QED) is 0.564. The SMILES string of the molecule is O=C1[C@H]2[C@@H]([C@@H]3[C@H]1[C@H]1C=C[C@H]3C1)[C@H]1C=C[C@H]2C1. The second kappa shape index (κ2) is 2.37. The molecular weight excluding hydrogens is 196 g/mol. The van der Waals surface area contributed by atoms with Gasteiger partial charge in [0.1, 0.15) is 5.78 Å². The maximum absolute atomic E-state index is 12.6.